The third-order valence-electron chi connectivity index (χ3n) is 3.09. The van der Waals surface area contributed by atoms with E-state index in [-0.39, 0.29) is 6.04 Å². The Balaban J connectivity index is 2.19. The highest BCUT2D eigenvalue weighted by atomic mass is 32.2. The van der Waals surface area contributed by atoms with Gasteiger partial charge in [-0.05, 0) is 39.8 Å². The van der Waals surface area contributed by atoms with Crippen LogP contribution in [0.5, 0.6) is 0 Å². The van der Waals surface area contributed by atoms with E-state index in [0.29, 0.717) is 10.6 Å². The fourth-order valence-corrected chi connectivity index (χ4v) is 3.53. The molecule has 4 nitrogen and oxygen atoms in total. The Hall–Kier alpha value is -1.16. The van der Waals surface area contributed by atoms with E-state index in [2.05, 4.69) is 14.7 Å². The summed E-state index contributed by atoms with van der Waals surface area (Å²) in [5, 5.41) is 0.466. The first-order valence-electron chi connectivity index (χ1n) is 7.16. The smallest absolute Gasteiger partial charge is 0.433 e. The topological polar surface area (TPSA) is 60.9 Å². The van der Waals surface area contributed by atoms with Crippen molar-refractivity contribution in [2.24, 2.45) is 0 Å². The number of halogens is 3. The maximum atomic E-state index is 12.7. The van der Waals surface area contributed by atoms with Gasteiger partial charge in [0.2, 0.25) is 0 Å². The standard InChI is InChI=1S/C15H18F3N3OS2/c1-9(21-24(22)14(2,3)4)11-8-20-13(23-11)10-5-6-19-12(7-10)15(16,17)18/h5-9,21H,1-4H3/t9?,24-/m0/s1. The molecular weight excluding hydrogens is 359 g/mol. The average molecular weight is 377 g/mol. The fraction of sp³-hybridized carbons (Fsp3) is 0.467. The highest BCUT2D eigenvalue weighted by Gasteiger charge is 2.33. The van der Waals surface area contributed by atoms with Crippen LogP contribution in [-0.2, 0) is 17.5 Å². The predicted octanol–water partition coefficient (Wildman–Crippen LogP) is 4.34. The number of thiazole rings is 1. The van der Waals surface area contributed by atoms with Crippen LogP contribution in [-0.4, -0.2) is 19.3 Å². The van der Waals surface area contributed by atoms with E-state index < -0.39 is 28.0 Å². The van der Waals surface area contributed by atoms with Gasteiger partial charge in [0.25, 0.3) is 0 Å². The summed E-state index contributed by atoms with van der Waals surface area (Å²) in [6.07, 6.45) is -1.78. The van der Waals surface area contributed by atoms with Gasteiger partial charge in [-0.2, -0.15) is 13.2 Å². The second-order valence-corrected chi connectivity index (χ2v) is 9.28. The Morgan fingerprint density at radius 3 is 2.50 bits per heavy atom. The molecule has 2 aromatic rings. The number of hydrogen-bond acceptors (Lipinski definition) is 5. The van der Waals surface area contributed by atoms with Crippen LogP contribution in [0, 0.1) is 0 Å². The van der Waals surface area contributed by atoms with Crippen molar-refractivity contribution in [3.63, 3.8) is 0 Å². The molecule has 0 amide bonds. The largest absolute Gasteiger partial charge is 0.598 e. The SMILES string of the molecule is CC(N[S@@+]([O-])C(C)(C)C)c1cnc(-c2ccnc(C(F)(F)F)c2)s1. The minimum absolute atomic E-state index is 0.222. The van der Waals surface area contributed by atoms with Gasteiger partial charge in [0.1, 0.15) is 15.4 Å². The zero-order valence-electron chi connectivity index (χ0n) is 13.6. The van der Waals surface area contributed by atoms with Gasteiger partial charge < -0.3 is 4.55 Å². The Kier molecular flexibility index (Phi) is 5.58. The maximum absolute atomic E-state index is 12.7. The molecule has 0 bridgehead atoms. The van der Waals surface area contributed by atoms with Crippen LogP contribution in [0.1, 0.15) is 44.3 Å². The normalized spacial score (nSPS) is 15.3. The van der Waals surface area contributed by atoms with Crippen molar-refractivity contribution in [2.75, 3.05) is 0 Å². The van der Waals surface area contributed by atoms with Crippen LogP contribution in [0.25, 0.3) is 10.6 Å². The molecule has 1 unspecified atom stereocenters. The summed E-state index contributed by atoms with van der Waals surface area (Å²) in [4.78, 5) is 8.33. The molecular formula is C15H18F3N3OS2. The van der Waals surface area contributed by atoms with E-state index in [1.165, 1.54) is 17.4 Å². The third kappa shape index (κ3) is 4.69. The number of nitrogens with one attached hydrogen (secondary N) is 1. The number of rotatable bonds is 4. The third-order valence-corrected chi connectivity index (χ3v) is 6.00. The summed E-state index contributed by atoms with van der Waals surface area (Å²) < 4.78 is 53.0. The van der Waals surface area contributed by atoms with E-state index in [1.807, 2.05) is 27.7 Å². The molecule has 0 radical (unpaired) electrons. The van der Waals surface area contributed by atoms with Crippen molar-refractivity contribution in [3.8, 4) is 10.6 Å². The second-order valence-electron chi connectivity index (χ2n) is 6.22. The predicted molar refractivity (Wildman–Crippen MR) is 89.8 cm³/mol. The zero-order chi connectivity index (χ0) is 18.1. The number of aromatic nitrogens is 2. The number of nitrogens with zero attached hydrogens (tertiary/aromatic N) is 2. The van der Waals surface area contributed by atoms with Gasteiger partial charge in [-0.25, -0.2) is 4.98 Å². The molecule has 2 aromatic heterocycles. The molecule has 1 N–H and O–H groups in total. The summed E-state index contributed by atoms with van der Waals surface area (Å²) in [6.45, 7) is 7.42. The van der Waals surface area contributed by atoms with Gasteiger partial charge in [0.05, 0.1) is 6.04 Å². The molecule has 0 fully saturated rings. The number of hydrogen-bond donors (Lipinski definition) is 1. The second kappa shape index (κ2) is 6.99. The average Bonchev–Trinajstić information content (AvgIpc) is 2.95. The van der Waals surface area contributed by atoms with E-state index >= 15 is 0 Å². The Morgan fingerprint density at radius 2 is 1.92 bits per heavy atom. The molecule has 24 heavy (non-hydrogen) atoms. The molecule has 0 saturated carbocycles. The molecule has 0 aliphatic rings. The van der Waals surface area contributed by atoms with E-state index in [4.69, 9.17) is 0 Å². The lowest BCUT2D eigenvalue weighted by Gasteiger charge is -2.25. The summed E-state index contributed by atoms with van der Waals surface area (Å²) >= 11 is 0.0144. The molecule has 0 aliphatic heterocycles. The lowest BCUT2D eigenvalue weighted by atomic mass is 10.2. The first-order valence-corrected chi connectivity index (χ1v) is 9.12. The molecule has 0 spiro atoms. The Bertz CT molecular complexity index is 698. The summed E-state index contributed by atoms with van der Waals surface area (Å²) in [7, 11) is 0. The highest BCUT2D eigenvalue weighted by molar-refractivity contribution is 7.90. The summed E-state index contributed by atoms with van der Waals surface area (Å²) in [5.74, 6) is 0. The number of alkyl halides is 3. The van der Waals surface area contributed by atoms with Gasteiger partial charge in [0.15, 0.2) is 0 Å². The van der Waals surface area contributed by atoms with Crippen molar-refractivity contribution >= 4 is 22.7 Å². The maximum Gasteiger partial charge on any atom is 0.433 e. The van der Waals surface area contributed by atoms with Crippen molar-refractivity contribution in [1.29, 1.82) is 0 Å². The van der Waals surface area contributed by atoms with Crippen molar-refractivity contribution < 1.29 is 17.7 Å². The zero-order valence-corrected chi connectivity index (χ0v) is 15.3. The van der Waals surface area contributed by atoms with Gasteiger partial charge >= 0.3 is 6.18 Å². The molecule has 0 saturated heterocycles. The Morgan fingerprint density at radius 1 is 1.25 bits per heavy atom. The van der Waals surface area contributed by atoms with Crippen LogP contribution in [0.4, 0.5) is 13.2 Å². The molecule has 0 aromatic carbocycles. The van der Waals surface area contributed by atoms with Crippen LogP contribution in [0.3, 0.4) is 0 Å². The first-order chi connectivity index (χ1) is 11.0. The van der Waals surface area contributed by atoms with Crippen LogP contribution in [0.2, 0.25) is 0 Å². The van der Waals surface area contributed by atoms with Crippen LogP contribution in [0.15, 0.2) is 24.5 Å². The van der Waals surface area contributed by atoms with Crippen LogP contribution >= 0.6 is 11.3 Å². The van der Waals surface area contributed by atoms with Gasteiger partial charge in [0, 0.05) is 34.2 Å². The van der Waals surface area contributed by atoms with Crippen LogP contribution < -0.4 is 4.72 Å². The van der Waals surface area contributed by atoms with Gasteiger partial charge in [-0.15, -0.1) is 16.1 Å². The molecule has 2 heterocycles. The number of pyridine rings is 1. The molecule has 0 aliphatic carbocycles. The van der Waals surface area contributed by atoms with Gasteiger partial charge in [-0.1, -0.05) is 0 Å². The lowest BCUT2D eigenvalue weighted by molar-refractivity contribution is -0.141. The monoisotopic (exact) mass is 377 g/mol. The van der Waals surface area contributed by atoms with Crippen molar-refractivity contribution in [3.05, 3.63) is 35.1 Å². The quantitative estimate of drug-likeness (QED) is 0.806. The van der Waals surface area contributed by atoms with Gasteiger partial charge in [-0.3, -0.25) is 4.98 Å². The molecule has 2 rings (SSSR count). The Labute approximate surface area is 145 Å². The fourth-order valence-electron chi connectivity index (χ4n) is 1.73. The minimum atomic E-state index is -4.49. The summed E-state index contributed by atoms with van der Waals surface area (Å²) in [5.41, 5.74) is -0.588. The highest BCUT2D eigenvalue weighted by Crippen LogP contribution is 2.33. The van der Waals surface area contributed by atoms with Crippen molar-refractivity contribution in [2.45, 2.75) is 44.7 Å². The first kappa shape index (κ1) is 19.2. The van der Waals surface area contributed by atoms with E-state index in [9.17, 15) is 17.7 Å². The van der Waals surface area contributed by atoms with E-state index in [0.717, 1.165) is 17.1 Å². The minimum Gasteiger partial charge on any atom is -0.598 e. The molecule has 132 valence electrons. The lowest BCUT2D eigenvalue weighted by Crippen LogP contribution is -2.40. The van der Waals surface area contributed by atoms with E-state index in [1.54, 1.807) is 6.20 Å². The molecule has 9 heteroatoms. The summed E-state index contributed by atoms with van der Waals surface area (Å²) in [6, 6.07) is 2.25. The van der Waals surface area contributed by atoms with Crippen molar-refractivity contribution in [1.82, 2.24) is 14.7 Å². The molecule has 2 atom stereocenters.